The fourth-order valence-electron chi connectivity index (χ4n) is 3.92. The Morgan fingerprint density at radius 2 is 1.94 bits per heavy atom. The largest absolute Gasteiger partial charge is 0.466 e. The van der Waals surface area contributed by atoms with Gasteiger partial charge in [0.05, 0.1) is 19.6 Å². The van der Waals surface area contributed by atoms with Crippen LogP contribution in [0.25, 0.3) is 0 Å². The number of amides is 1. The molecule has 1 N–H and O–H groups in total. The molecular formula is C22H31FN4O5. The Morgan fingerprint density at radius 3 is 2.56 bits per heavy atom. The zero-order chi connectivity index (χ0) is 23.3. The highest BCUT2D eigenvalue weighted by Gasteiger charge is 2.35. The lowest BCUT2D eigenvalue weighted by atomic mass is 10.2. The number of anilines is 2. The molecule has 1 atom stereocenters. The van der Waals surface area contributed by atoms with E-state index in [9.17, 15) is 14.4 Å². The van der Waals surface area contributed by atoms with Gasteiger partial charge in [-0.1, -0.05) is 0 Å². The highest BCUT2D eigenvalue weighted by molar-refractivity contribution is 5.95. The summed E-state index contributed by atoms with van der Waals surface area (Å²) in [5.41, 5.74) is 0.0430. The van der Waals surface area contributed by atoms with Crippen molar-refractivity contribution in [1.82, 2.24) is 10.3 Å². The summed E-state index contributed by atoms with van der Waals surface area (Å²) in [5, 5.41) is 2.85. The van der Waals surface area contributed by atoms with Crippen LogP contribution in [0.3, 0.4) is 0 Å². The van der Waals surface area contributed by atoms with Crippen LogP contribution in [0.5, 0.6) is 0 Å². The van der Waals surface area contributed by atoms with Crippen LogP contribution in [0.2, 0.25) is 0 Å². The van der Waals surface area contributed by atoms with Crippen LogP contribution in [-0.4, -0.2) is 67.8 Å². The molecule has 1 unspecified atom stereocenters. The molecule has 1 aliphatic carbocycles. The predicted octanol–water partition coefficient (Wildman–Crippen LogP) is 2.03. The normalized spacial score (nSPS) is 17.8. The molecule has 1 saturated carbocycles. The number of ether oxygens (including phenoxy) is 2. The van der Waals surface area contributed by atoms with Crippen LogP contribution in [-0.2, 0) is 19.1 Å². The molecule has 2 heterocycles. The van der Waals surface area contributed by atoms with Crippen molar-refractivity contribution in [2.45, 2.75) is 58.5 Å². The minimum absolute atomic E-state index is 0.0430. The number of nitrogens with zero attached hydrogens (tertiary/aromatic N) is 3. The molecule has 176 valence electrons. The summed E-state index contributed by atoms with van der Waals surface area (Å²) in [6.45, 7) is 6.58. The Balaban J connectivity index is 1.92. The van der Waals surface area contributed by atoms with Crippen LogP contribution in [0, 0.1) is 5.82 Å². The number of aromatic nitrogens is 1. The number of hydrogen-bond acceptors (Lipinski definition) is 8. The number of halogens is 1. The van der Waals surface area contributed by atoms with Crippen molar-refractivity contribution < 1.29 is 28.2 Å². The molecule has 0 aromatic carbocycles. The number of rotatable bonds is 10. The molecule has 0 bridgehead atoms. The van der Waals surface area contributed by atoms with E-state index in [0.29, 0.717) is 38.5 Å². The topological polar surface area (TPSA) is 101 Å². The van der Waals surface area contributed by atoms with Gasteiger partial charge < -0.3 is 24.6 Å². The van der Waals surface area contributed by atoms with Gasteiger partial charge in [-0.25, -0.2) is 14.2 Å². The third kappa shape index (κ3) is 5.86. The molecule has 1 aliphatic heterocycles. The molecule has 1 aromatic rings. The summed E-state index contributed by atoms with van der Waals surface area (Å²) in [6, 6.07) is 1.19. The Morgan fingerprint density at radius 1 is 1.22 bits per heavy atom. The van der Waals surface area contributed by atoms with Gasteiger partial charge in [-0.15, -0.1) is 0 Å². The second-order valence-electron chi connectivity index (χ2n) is 8.00. The lowest BCUT2D eigenvalue weighted by molar-refractivity contribution is -0.142. The van der Waals surface area contributed by atoms with Crippen molar-refractivity contribution in [3.05, 3.63) is 17.4 Å². The lowest BCUT2D eigenvalue weighted by Crippen LogP contribution is -2.36. The average Bonchev–Trinajstić information content (AvgIpc) is 3.47. The number of esters is 2. The maximum Gasteiger partial charge on any atom is 0.342 e. The number of carbonyl (C=O) groups is 3. The second kappa shape index (κ2) is 10.6. The maximum atomic E-state index is 15.1. The number of nitrogens with one attached hydrogen (secondary N) is 1. The Bertz CT molecular complexity index is 861. The van der Waals surface area contributed by atoms with Gasteiger partial charge in [-0.3, -0.25) is 9.59 Å². The van der Waals surface area contributed by atoms with Gasteiger partial charge in [0.2, 0.25) is 5.91 Å². The summed E-state index contributed by atoms with van der Waals surface area (Å²) in [5.74, 6) is -1.31. The molecule has 1 amide bonds. The lowest BCUT2D eigenvalue weighted by Gasteiger charge is -2.27. The fourth-order valence-corrected chi connectivity index (χ4v) is 3.92. The first-order valence-corrected chi connectivity index (χ1v) is 11.2. The SMILES string of the molecule is CCOC(=O)CCN(c1nc(N2CCC(NC(C)=O)C2)c(F)cc1C(=O)OCC)C1CC1. The van der Waals surface area contributed by atoms with E-state index in [1.165, 1.54) is 13.0 Å². The standard InChI is InChI=1S/C22H31FN4O5/c1-4-31-19(29)9-11-27(16-6-7-16)20-17(22(30)32-5-2)12-18(23)21(25-20)26-10-8-15(13-26)24-14(3)28/h12,15-16H,4-11,13H2,1-3H3,(H,24,28). The van der Waals surface area contributed by atoms with E-state index < -0.39 is 11.8 Å². The van der Waals surface area contributed by atoms with Gasteiger partial charge in [0.1, 0.15) is 11.4 Å². The first-order chi connectivity index (χ1) is 15.3. The summed E-state index contributed by atoms with van der Waals surface area (Å²) in [7, 11) is 0. The van der Waals surface area contributed by atoms with Crippen molar-refractivity contribution >= 4 is 29.5 Å². The van der Waals surface area contributed by atoms with Crippen molar-refractivity contribution in [2.24, 2.45) is 0 Å². The zero-order valence-electron chi connectivity index (χ0n) is 18.9. The molecule has 3 rings (SSSR count). The van der Waals surface area contributed by atoms with Gasteiger partial charge in [0, 0.05) is 38.6 Å². The third-order valence-corrected chi connectivity index (χ3v) is 5.45. The van der Waals surface area contributed by atoms with Crippen LogP contribution >= 0.6 is 0 Å². The maximum absolute atomic E-state index is 15.1. The minimum Gasteiger partial charge on any atom is -0.466 e. The number of pyridine rings is 1. The summed E-state index contributed by atoms with van der Waals surface area (Å²) in [6.07, 6.45) is 2.60. The van der Waals surface area contributed by atoms with Crippen LogP contribution in [0.4, 0.5) is 16.0 Å². The quantitative estimate of drug-likeness (QED) is 0.541. The highest BCUT2D eigenvalue weighted by Crippen LogP contribution is 2.35. The first-order valence-electron chi connectivity index (χ1n) is 11.2. The van der Waals surface area contributed by atoms with Gasteiger partial charge in [0.15, 0.2) is 11.6 Å². The Labute approximate surface area is 187 Å². The number of carbonyl (C=O) groups excluding carboxylic acids is 3. The predicted molar refractivity (Wildman–Crippen MR) is 116 cm³/mol. The van der Waals surface area contributed by atoms with Gasteiger partial charge >= 0.3 is 11.9 Å². The molecule has 2 fully saturated rings. The van der Waals surface area contributed by atoms with Crippen LogP contribution < -0.4 is 15.1 Å². The zero-order valence-corrected chi connectivity index (χ0v) is 18.9. The van der Waals surface area contributed by atoms with Crippen molar-refractivity contribution in [3.8, 4) is 0 Å². The van der Waals surface area contributed by atoms with Crippen LogP contribution in [0.1, 0.15) is 56.8 Å². The van der Waals surface area contributed by atoms with Crippen LogP contribution in [0.15, 0.2) is 6.07 Å². The smallest absolute Gasteiger partial charge is 0.342 e. The molecule has 10 heteroatoms. The molecule has 0 spiro atoms. The van der Waals surface area contributed by atoms with Gasteiger partial charge in [0.25, 0.3) is 0 Å². The van der Waals surface area contributed by atoms with Gasteiger partial charge in [-0.2, -0.15) is 0 Å². The molecule has 9 nitrogen and oxygen atoms in total. The van der Waals surface area contributed by atoms with E-state index >= 15 is 4.39 Å². The third-order valence-electron chi connectivity index (χ3n) is 5.45. The van der Waals surface area contributed by atoms with E-state index in [2.05, 4.69) is 10.3 Å². The van der Waals surface area contributed by atoms with E-state index in [0.717, 1.165) is 12.8 Å². The molecule has 1 aromatic heterocycles. The van der Waals surface area contributed by atoms with Crippen molar-refractivity contribution in [3.63, 3.8) is 0 Å². The first kappa shape index (κ1) is 23.7. The Hall–Kier alpha value is -2.91. The summed E-state index contributed by atoms with van der Waals surface area (Å²) >= 11 is 0. The summed E-state index contributed by atoms with van der Waals surface area (Å²) < 4.78 is 25.2. The Kier molecular flexibility index (Phi) is 7.87. The fraction of sp³-hybridized carbons (Fsp3) is 0.636. The van der Waals surface area contributed by atoms with E-state index in [-0.39, 0.29) is 48.4 Å². The van der Waals surface area contributed by atoms with E-state index in [1.54, 1.807) is 18.7 Å². The monoisotopic (exact) mass is 450 g/mol. The van der Waals surface area contributed by atoms with Crippen molar-refractivity contribution in [1.29, 1.82) is 0 Å². The minimum atomic E-state index is -0.653. The van der Waals surface area contributed by atoms with Gasteiger partial charge in [-0.05, 0) is 39.2 Å². The highest BCUT2D eigenvalue weighted by atomic mass is 19.1. The summed E-state index contributed by atoms with van der Waals surface area (Å²) in [4.78, 5) is 44.1. The molecule has 0 radical (unpaired) electrons. The van der Waals surface area contributed by atoms with E-state index in [4.69, 9.17) is 9.47 Å². The molecule has 32 heavy (non-hydrogen) atoms. The molecular weight excluding hydrogens is 419 g/mol. The van der Waals surface area contributed by atoms with Crippen molar-refractivity contribution in [2.75, 3.05) is 42.6 Å². The second-order valence-corrected chi connectivity index (χ2v) is 8.00. The number of hydrogen-bond donors (Lipinski definition) is 1. The molecule has 2 aliphatic rings. The molecule has 1 saturated heterocycles. The van der Waals surface area contributed by atoms with E-state index in [1.807, 2.05) is 4.90 Å². The average molecular weight is 451 g/mol.